The van der Waals surface area contributed by atoms with Crippen LogP contribution in [0.4, 0.5) is 0 Å². The molecule has 1 nitrogen and oxygen atoms in total. The molecule has 20 heavy (non-hydrogen) atoms. The van der Waals surface area contributed by atoms with Crippen LogP contribution in [0, 0.1) is 5.41 Å². The molecule has 0 saturated carbocycles. The zero-order valence-corrected chi connectivity index (χ0v) is 19.8. The molecule has 1 unspecified atom stereocenters. The summed E-state index contributed by atoms with van der Waals surface area (Å²) in [5.74, 6) is 0. The van der Waals surface area contributed by atoms with E-state index in [1.165, 1.54) is 15.9 Å². The molecule has 0 saturated heterocycles. The van der Waals surface area contributed by atoms with Crippen LogP contribution in [0.5, 0.6) is 0 Å². The molecule has 0 aromatic heterocycles. The van der Waals surface area contributed by atoms with Crippen LogP contribution >= 0.6 is 0 Å². The summed E-state index contributed by atoms with van der Waals surface area (Å²) in [6, 6.07) is 0. The van der Waals surface area contributed by atoms with Crippen molar-refractivity contribution < 1.29 is 51.0 Å². The number of halogens is 2. The summed E-state index contributed by atoms with van der Waals surface area (Å²) in [7, 11) is 1.17. The van der Waals surface area contributed by atoms with Gasteiger partial charge in [0.15, 0.2) is 0 Å². The predicted molar refractivity (Wildman–Crippen MR) is 81.7 cm³/mol. The summed E-state index contributed by atoms with van der Waals surface area (Å²) in [4.78, 5) is 0. The van der Waals surface area contributed by atoms with Gasteiger partial charge in [-0.25, -0.2) is 0 Å². The number of nitrogens with zero attached hydrogens (tertiary/aromatic N) is 1. The van der Waals surface area contributed by atoms with Crippen LogP contribution in [-0.4, -0.2) is 15.8 Å². The van der Waals surface area contributed by atoms with Crippen molar-refractivity contribution in [2.75, 3.05) is 0 Å². The zero-order chi connectivity index (χ0) is 13.3. The first-order valence-electron chi connectivity index (χ1n) is 6.73. The molecule has 0 spiro atoms. The average molecular weight is 413 g/mol. The van der Waals surface area contributed by atoms with Gasteiger partial charge in [0.2, 0.25) is 0 Å². The third-order valence-electron chi connectivity index (χ3n) is 4.08. The van der Waals surface area contributed by atoms with Crippen LogP contribution < -0.4 is 24.8 Å². The Bertz CT molecular complexity index is 327. The fraction of sp³-hybridized carbons (Fsp3) is 0.733. The van der Waals surface area contributed by atoms with Crippen molar-refractivity contribution in [3.8, 4) is 0 Å². The summed E-state index contributed by atoms with van der Waals surface area (Å²) in [5.41, 5.74) is 1.52. The zero-order valence-electron chi connectivity index (χ0n) is 13.8. The normalized spacial score (nSPS) is 17.2. The second-order valence-corrected chi connectivity index (χ2v) is 9.62. The van der Waals surface area contributed by atoms with Gasteiger partial charge in [0.05, 0.1) is 0 Å². The van der Waals surface area contributed by atoms with Crippen molar-refractivity contribution in [3.63, 3.8) is 0 Å². The first kappa shape index (κ1) is 25.9. The maximum absolute atomic E-state index is 5.20. The Hall–Kier alpha value is 0.960. The molecule has 0 N–H and O–H groups in total. The Kier molecular flexibility index (Phi) is 11.9. The molecule has 0 amide bonds. The van der Waals surface area contributed by atoms with Crippen LogP contribution in [0.2, 0.25) is 5.04 Å². The first-order chi connectivity index (χ1) is 7.64. The largest absolute Gasteiger partial charge is 3.00 e. The topological polar surface area (TPSA) is 14.1 Å². The molecule has 1 aliphatic carbocycles. The Morgan fingerprint density at radius 2 is 1.65 bits per heavy atom. The van der Waals surface area contributed by atoms with Crippen LogP contribution in [0.25, 0.3) is 5.32 Å². The van der Waals surface area contributed by atoms with E-state index in [0.717, 1.165) is 12.8 Å². The molecule has 0 fully saturated rings. The Morgan fingerprint density at radius 3 is 1.90 bits per heavy atom. The standard InChI is InChI=1S/C15H28NSi.2ClH.Zr/c1-7-15(13(2,3)4,14(5,6)17)16-12-10-8-9-11-12;;;/h8-10H,7,11H2,1-6,17H3;2*1H;/q-1;;;+3/p-2. The van der Waals surface area contributed by atoms with E-state index in [1.54, 1.807) is 0 Å². The van der Waals surface area contributed by atoms with Crippen LogP contribution in [0.1, 0.15) is 54.4 Å². The van der Waals surface area contributed by atoms with E-state index in [1.807, 2.05) is 0 Å². The molecule has 1 atom stereocenters. The molecule has 1 rings (SSSR count). The fourth-order valence-corrected chi connectivity index (χ4v) is 4.58. The smallest absolute Gasteiger partial charge is 1.00 e. The molecule has 0 aliphatic heterocycles. The summed E-state index contributed by atoms with van der Waals surface area (Å²) >= 11 is 0. The Labute approximate surface area is 160 Å². The molecule has 1 aliphatic rings. The predicted octanol–water partition coefficient (Wildman–Crippen LogP) is -2.03. The molecule has 0 bridgehead atoms. The van der Waals surface area contributed by atoms with Crippen LogP contribution in [-0.2, 0) is 26.2 Å². The molecule has 115 valence electrons. The summed E-state index contributed by atoms with van der Waals surface area (Å²) in [5, 5.41) is 5.51. The summed E-state index contributed by atoms with van der Waals surface area (Å²) < 4.78 is 0. The SMILES string of the molecule is CCC([N-]C1=CC=CC1)(C(C)(C)C)C(C)(C)[SiH3].[Cl-].[Cl-].[Zr+3]. The minimum atomic E-state index is 0. The van der Waals surface area contributed by atoms with Crippen molar-refractivity contribution in [1.29, 1.82) is 0 Å². The quantitative estimate of drug-likeness (QED) is 0.473. The van der Waals surface area contributed by atoms with Crippen molar-refractivity contribution >= 4 is 10.2 Å². The van der Waals surface area contributed by atoms with E-state index in [9.17, 15) is 0 Å². The van der Waals surface area contributed by atoms with Gasteiger partial charge in [0.1, 0.15) is 0 Å². The van der Waals surface area contributed by atoms with Gasteiger partial charge in [-0.3, -0.25) is 0 Å². The number of hydrogen-bond donors (Lipinski definition) is 0. The minimum absolute atomic E-state index is 0. The van der Waals surface area contributed by atoms with Gasteiger partial charge in [0.25, 0.3) is 0 Å². The third kappa shape index (κ3) is 5.30. The number of rotatable bonds is 4. The van der Waals surface area contributed by atoms with Gasteiger partial charge in [-0.1, -0.05) is 76.8 Å². The molecular formula is C15H28Cl2NSiZr. The molecule has 1 radical (unpaired) electrons. The van der Waals surface area contributed by atoms with Crippen molar-refractivity contribution in [3.05, 3.63) is 29.2 Å². The van der Waals surface area contributed by atoms with E-state index in [2.05, 4.69) is 59.8 Å². The van der Waals surface area contributed by atoms with Gasteiger partial charge >= 0.3 is 26.2 Å². The first-order valence-corrected chi connectivity index (χ1v) is 7.73. The maximum atomic E-state index is 5.20. The fourth-order valence-electron chi connectivity index (χ4n) is 3.36. The average Bonchev–Trinajstić information content (AvgIpc) is 2.62. The third-order valence-corrected chi connectivity index (χ3v) is 4.91. The van der Waals surface area contributed by atoms with Crippen molar-refractivity contribution in [2.24, 2.45) is 5.41 Å². The Morgan fingerprint density at radius 1 is 1.15 bits per heavy atom. The number of hydrogen-bond acceptors (Lipinski definition) is 0. The van der Waals surface area contributed by atoms with E-state index in [4.69, 9.17) is 5.32 Å². The minimum Gasteiger partial charge on any atom is -1.00 e. The molecule has 0 aromatic carbocycles. The van der Waals surface area contributed by atoms with Gasteiger partial charge in [-0.2, -0.15) is 5.70 Å². The van der Waals surface area contributed by atoms with E-state index in [-0.39, 0.29) is 62.0 Å². The van der Waals surface area contributed by atoms with Gasteiger partial charge in [-0.05, 0) is 11.8 Å². The Balaban J connectivity index is -0.000000963. The maximum Gasteiger partial charge on any atom is 3.00 e. The van der Waals surface area contributed by atoms with Crippen LogP contribution in [0.3, 0.4) is 0 Å². The van der Waals surface area contributed by atoms with Crippen molar-refractivity contribution in [1.82, 2.24) is 0 Å². The monoisotopic (exact) mass is 410 g/mol. The summed E-state index contributed by atoms with van der Waals surface area (Å²) in [6.45, 7) is 14.0. The second-order valence-electron chi connectivity index (χ2n) is 7.12. The number of allylic oxidation sites excluding steroid dienone is 3. The van der Waals surface area contributed by atoms with Gasteiger partial charge in [0, 0.05) is 10.2 Å². The van der Waals surface area contributed by atoms with Gasteiger partial charge < -0.3 is 30.1 Å². The van der Waals surface area contributed by atoms with Crippen molar-refractivity contribution in [2.45, 2.75) is 65.0 Å². The van der Waals surface area contributed by atoms with E-state index >= 15 is 0 Å². The summed E-state index contributed by atoms with van der Waals surface area (Å²) in [6.07, 6.45) is 8.62. The molecule has 0 heterocycles. The van der Waals surface area contributed by atoms with E-state index < -0.39 is 0 Å². The second kappa shape index (κ2) is 9.18. The van der Waals surface area contributed by atoms with E-state index in [0.29, 0.717) is 5.04 Å². The van der Waals surface area contributed by atoms with Gasteiger partial charge in [-0.15, -0.1) is 0 Å². The molecular weight excluding hydrogens is 384 g/mol. The van der Waals surface area contributed by atoms with Crippen LogP contribution in [0.15, 0.2) is 23.9 Å². The molecule has 5 heteroatoms. The molecule has 0 aromatic rings.